The Morgan fingerprint density at radius 1 is 1.03 bits per heavy atom. The summed E-state index contributed by atoms with van der Waals surface area (Å²) in [5, 5.41) is 8.55. The average Bonchev–Trinajstić information content (AvgIpc) is 2.73. The fraction of sp³-hybridized carbons (Fsp3) is 0.318. The lowest BCUT2D eigenvalue weighted by Gasteiger charge is -2.12. The van der Waals surface area contributed by atoms with E-state index < -0.39 is 0 Å². The van der Waals surface area contributed by atoms with Gasteiger partial charge in [-0.1, -0.05) is 26.3 Å². The Balaban J connectivity index is 1.95. The number of benzene rings is 2. The molecular formula is C22H26BrN3O3S. The molecule has 2 aromatic carbocycles. The molecule has 0 bridgehead atoms. The van der Waals surface area contributed by atoms with Crippen LogP contribution in [0.4, 0.5) is 5.69 Å². The van der Waals surface area contributed by atoms with Gasteiger partial charge < -0.3 is 15.4 Å². The Kier molecular flexibility index (Phi) is 9.76. The van der Waals surface area contributed by atoms with Crippen molar-refractivity contribution in [2.75, 3.05) is 18.5 Å². The second kappa shape index (κ2) is 12.3. The normalized spacial score (nSPS) is 10.2. The summed E-state index contributed by atoms with van der Waals surface area (Å²) in [6, 6.07) is 12.1. The highest BCUT2D eigenvalue weighted by Gasteiger charge is 2.12. The number of thiocarbonyl (C=S) groups is 1. The van der Waals surface area contributed by atoms with Crippen molar-refractivity contribution in [3.8, 4) is 5.75 Å². The van der Waals surface area contributed by atoms with Crippen LogP contribution < -0.4 is 20.7 Å². The van der Waals surface area contributed by atoms with Crippen molar-refractivity contribution < 1.29 is 14.3 Å². The quantitative estimate of drug-likeness (QED) is 0.343. The lowest BCUT2D eigenvalue weighted by molar-refractivity contribution is 0.0951. The van der Waals surface area contributed by atoms with Gasteiger partial charge in [-0.2, -0.15) is 0 Å². The van der Waals surface area contributed by atoms with Gasteiger partial charge >= 0.3 is 0 Å². The molecule has 2 aromatic rings. The van der Waals surface area contributed by atoms with Crippen LogP contribution >= 0.6 is 28.1 Å². The summed E-state index contributed by atoms with van der Waals surface area (Å²) in [7, 11) is 0. The Morgan fingerprint density at radius 2 is 1.80 bits per heavy atom. The zero-order valence-electron chi connectivity index (χ0n) is 17.1. The lowest BCUT2D eigenvalue weighted by Crippen LogP contribution is -2.34. The zero-order valence-corrected chi connectivity index (χ0v) is 19.5. The summed E-state index contributed by atoms with van der Waals surface area (Å²) in [5.41, 5.74) is 1.58. The summed E-state index contributed by atoms with van der Waals surface area (Å²) in [4.78, 5) is 24.6. The molecule has 0 aliphatic heterocycles. The highest BCUT2D eigenvalue weighted by atomic mass is 79.9. The molecule has 0 radical (unpaired) electrons. The van der Waals surface area contributed by atoms with Crippen LogP contribution in [0.2, 0.25) is 0 Å². The lowest BCUT2D eigenvalue weighted by atomic mass is 10.2. The van der Waals surface area contributed by atoms with Gasteiger partial charge in [-0.3, -0.25) is 14.9 Å². The second-order valence-corrected chi connectivity index (χ2v) is 7.85. The maximum Gasteiger partial charge on any atom is 0.257 e. The van der Waals surface area contributed by atoms with E-state index in [0.717, 1.165) is 19.3 Å². The fourth-order valence-corrected chi connectivity index (χ4v) is 3.21. The third-order valence-corrected chi connectivity index (χ3v) is 4.92. The van der Waals surface area contributed by atoms with E-state index in [2.05, 4.69) is 38.8 Å². The molecule has 0 aliphatic carbocycles. The molecule has 0 aliphatic rings. The highest BCUT2D eigenvalue weighted by molar-refractivity contribution is 9.10. The number of ether oxygens (including phenoxy) is 1. The van der Waals surface area contributed by atoms with E-state index in [1.54, 1.807) is 42.5 Å². The Labute approximate surface area is 190 Å². The maximum atomic E-state index is 12.5. The molecule has 0 unspecified atom stereocenters. The Bertz CT molecular complexity index is 905. The van der Waals surface area contributed by atoms with Crippen molar-refractivity contribution in [1.82, 2.24) is 10.6 Å². The Hall–Kier alpha value is -2.45. The number of nitrogens with one attached hydrogen (secondary N) is 3. The minimum atomic E-state index is -0.342. The van der Waals surface area contributed by atoms with Crippen molar-refractivity contribution in [3.63, 3.8) is 0 Å². The first-order chi connectivity index (χ1) is 14.4. The molecule has 0 fully saturated rings. The van der Waals surface area contributed by atoms with Gasteiger partial charge in [0.1, 0.15) is 5.75 Å². The van der Waals surface area contributed by atoms with E-state index in [0.29, 0.717) is 40.2 Å². The summed E-state index contributed by atoms with van der Waals surface area (Å²) >= 11 is 8.68. The van der Waals surface area contributed by atoms with Crippen LogP contribution in [0, 0.1) is 0 Å². The number of halogens is 1. The second-order valence-electron chi connectivity index (χ2n) is 6.59. The zero-order chi connectivity index (χ0) is 21.9. The first-order valence-corrected chi connectivity index (χ1v) is 11.1. The van der Waals surface area contributed by atoms with Gasteiger partial charge in [-0.25, -0.2) is 0 Å². The number of carbonyl (C=O) groups is 2. The molecule has 8 heteroatoms. The van der Waals surface area contributed by atoms with Gasteiger partial charge in [0.15, 0.2) is 5.11 Å². The monoisotopic (exact) mass is 491 g/mol. The molecule has 3 N–H and O–H groups in total. The van der Waals surface area contributed by atoms with Crippen LogP contribution in [-0.2, 0) is 0 Å². The number of hydrogen-bond donors (Lipinski definition) is 3. The molecule has 2 rings (SSSR count). The van der Waals surface area contributed by atoms with Gasteiger partial charge in [0.2, 0.25) is 0 Å². The number of amides is 2. The Morgan fingerprint density at radius 3 is 2.50 bits per heavy atom. The topological polar surface area (TPSA) is 79.5 Å². The molecule has 0 spiro atoms. The van der Waals surface area contributed by atoms with Gasteiger partial charge in [-0.05, 0) is 77.4 Å². The molecule has 6 nitrogen and oxygen atoms in total. The molecule has 0 saturated heterocycles. The number of hydrogen-bond acceptors (Lipinski definition) is 4. The van der Waals surface area contributed by atoms with Crippen LogP contribution in [0.3, 0.4) is 0 Å². The smallest absolute Gasteiger partial charge is 0.257 e. The standard InChI is InChI=1S/C22H26BrN3O3S/c1-3-5-12-29-19-10-9-16(14-18(19)23)21(28)26-22(30)25-17-8-6-7-15(13-17)20(27)24-11-4-2/h6-10,13-14H,3-5,11-12H2,1-2H3,(H,24,27)(H2,25,26,28,30). The molecule has 30 heavy (non-hydrogen) atoms. The van der Waals surface area contributed by atoms with Crippen LogP contribution in [0.15, 0.2) is 46.9 Å². The predicted molar refractivity (Wildman–Crippen MR) is 127 cm³/mol. The number of rotatable bonds is 9. The molecule has 0 heterocycles. The summed E-state index contributed by atoms with van der Waals surface area (Å²) in [5.74, 6) is 0.200. The van der Waals surface area contributed by atoms with E-state index in [1.165, 1.54) is 0 Å². The van der Waals surface area contributed by atoms with Crippen molar-refractivity contribution in [2.45, 2.75) is 33.1 Å². The molecular weight excluding hydrogens is 466 g/mol. The summed E-state index contributed by atoms with van der Waals surface area (Å²) < 4.78 is 6.38. The van der Waals surface area contributed by atoms with E-state index >= 15 is 0 Å². The van der Waals surface area contributed by atoms with Gasteiger partial charge in [0.25, 0.3) is 11.8 Å². The third kappa shape index (κ3) is 7.42. The van der Waals surface area contributed by atoms with E-state index in [9.17, 15) is 9.59 Å². The summed E-state index contributed by atoms with van der Waals surface area (Å²) in [6.07, 6.45) is 2.88. The van der Waals surface area contributed by atoms with E-state index in [4.69, 9.17) is 17.0 Å². The molecule has 0 aromatic heterocycles. The van der Waals surface area contributed by atoms with Crippen LogP contribution in [0.5, 0.6) is 5.75 Å². The molecule has 160 valence electrons. The van der Waals surface area contributed by atoms with Crippen LogP contribution in [0.1, 0.15) is 53.8 Å². The minimum Gasteiger partial charge on any atom is -0.492 e. The number of anilines is 1. The molecule has 0 atom stereocenters. The van der Waals surface area contributed by atoms with Crippen LogP contribution in [0.25, 0.3) is 0 Å². The molecule has 0 saturated carbocycles. The largest absolute Gasteiger partial charge is 0.492 e. The van der Waals surface area contributed by atoms with Gasteiger partial charge in [0.05, 0.1) is 11.1 Å². The third-order valence-electron chi connectivity index (χ3n) is 4.09. The van der Waals surface area contributed by atoms with Crippen molar-refractivity contribution in [1.29, 1.82) is 0 Å². The first kappa shape index (κ1) is 23.8. The first-order valence-electron chi connectivity index (χ1n) is 9.87. The fourth-order valence-electron chi connectivity index (χ4n) is 2.50. The van der Waals surface area contributed by atoms with Crippen molar-refractivity contribution in [3.05, 3.63) is 58.1 Å². The summed E-state index contributed by atoms with van der Waals surface area (Å²) in [6.45, 7) is 5.33. The number of carbonyl (C=O) groups excluding carboxylic acids is 2. The van der Waals surface area contributed by atoms with Gasteiger partial charge in [-0.15, -0.1) is 0 Å². The van der Waals surface area contributed by atoms with Crippen LogP contribution in [-0.4, -0.2) is 30.1 Å². The van der Waals surface area contributed by atoms with E-state index in [1.807, 2.05) is 6.92 Å². The molecule has 2 amide bonds. The highest BCUT2D eigenvalue weighted by Crippen LogP contribution is 2.26. The van der Waals surface area contributed by atoms with Crippen molar-refractivity contribution >= 4 is 50.8 Å². The maximum absolute atomic E-state index is 12.5. The predicted octanol–water partition coefficient (Wildman–Crippen LogP) is 4.89. The SMILES string of the molecule is CCCCOc1ccc(C(=O)NC(=S)Nc2cccc(C(=O)NCCC)c2)cc1Br. The van der Waals surface area contributed by atoms with E-state index in [-0.39, 0.29) is 16.9 Å². The van der Waals surface area contributed by atoms with Gasteiger partial charge in [0, 0.05) is 23.4 Å². The number of unbranched alkanes of at least 4 members (excludes halogenated alkanes) is 1. The minimum absolute atomic E-state index is 0.144. The van der Waals surface area contributed by atoms with Crippen molar-refractivity contribution in [2.24, 2.45) is 0 Å². The average molecular weight is 492 g/mol.